The van der Waals surface area contributed by atoms with Crippen LogP contribution in [0.2, 0.25) is 0 Å². The maximum atomic E-state index is 12.3. The van der Waals surface area contributed by atoms with Gasteiger partial charge in [0, 0.05) is 24.2 Å². The molecule has 1 fully saturated rings. The summed E-state index contributed by atoms with van der Waals surface area (Å²) < 4.78 is 2.07. The Morgan fingerprint density at radius 1 is 1.24 bits per heavy atom. The minimum absolute atomic E-state index is 0.0113. The molecule has 0 spiro atoms. The van der Waals surface area contributed by atoms with Crippen LogP contribution in [-0.4, -0.2) is 33.0 Å². The number of anilines is 1. The van der Waals surface area contributed by atoms with Gasteiger partial charge in [0.1, 0.15) is 11.6 Å². The van der Waals surface area contributed by atoms with E-state index < -0.39 is 0 Å². The number of aryl methyl sites for hydroxylation is 1. The zero-order chi connectivity index (χ0) is 17.4. The summed E-state index contributed by atoms with van der Waals surface area (Å²) in [5.41, 5.74) is 2.16. The van der Waals surface area contributed by atoms with Gasteiger partial charge in [0.2, 0.25) is 5.91 Å². The van der Waals surface area contributed by atoms with Gasteiger partial charge in [-0.05, 0) is 43.8 Å². The van der Waals surface area contributed by atoms with E-state index in [-0.39, 0.29) is 11.9 Å². The molecule has 1 aromatic carbocycles. The first-order chi connectivity index (χ1) is 12.1. The number of pyridine rings is 1. The number of carbonyl (C=O) groups excluding carboxylic acids is 1. The topological polar surface area (TPSA) is 71.8 Å². The molecule has 3 heterocycles. The van der Waals surface area contributed by atoms with Crippen LogP contribution in [0.25, 0.3) is 22.0 Å². The van der Waals surface area contributed by atoms with Crippen LogP contribution >= 0.6 is 0 Å². The largest absolute Gasteiger partial charge is 0.331 e. The van der Waals surface area contributed by atoms with Crippen molar-refractivity contribution in [2.75, 3.05) is 11.9 Å². The molecule has 2 N–H and O–H groups in total. The van der Waals surface area contributed by atoms with Gasteiger partial charge in [0.15, 0.2) is 0 Å². The number of benzene rings is 1. The zero-order valence-electron chi connectivity index (χ0n) is 14.4. The van der Waals surface area contributed by atoms with E-state index in [9.17, 15) is 4.79 Å². The van der Waals surface area contributed by atoms with Gasteiger partial charge in [-0.25, -0.2) is 9.97 Å². The first-order valence-electron chi connectivity index (χ1n) is 8.54. The predicted molar refractivity (Wildman–Crippen MR) is 98.3 cm³/mol. The number of fused-ring (bicyclic) bond motifs is 1. The Labute approximate surface area is 146 Å². The molecule has 0 radical (unpaired) electrons. The third-order valence-electron chi connectivity index (χ3n) is 4.87. The Morgan fingerprint density at radius 3 is 2.84 bits per heavy atom. The lowest BCUT2D eigenvalue weighted by Gasteiger charge is -2.11. The molecule has 1 saturated heterocycles. The fourth-order valence-electron chi connectivity index (χ4n) is 3.26. The van der Waals surface area contributed by atoms with Crippen LogP contribution in [0.1, 0.15) is 18.7 Å². The maximum absolute atomic E-state index is 12.3. The number of amides is 1. The van der Waals surface area contributed by atoms with Gasteiger partial charge >= 0.3 is 0 Å². The van der Waals surface area contributed by atoms with Gasteiger partial charge < -0.3 is 15.2 Å². The number of carbonyl (C=O) groups is 1. The molecule has 0 saturated carbocycles. The molecule has 1 unspecified atom stereocenters. The third-order valence-corrected chi connectivity index (χ3v) is 4.87. The standard InChI is InChI=1S/C19H21N5O/c1-12-21-11-17(24(12)2)13-5-6-14-10-22-18(9-15(14)8-13)23-19(25)16-4-3-7-20-16/h5-6,8-11,16,20H,3-4,7H2,1-2H3,(H,22,23,25). The molecule has 25 heavy (non-hydrogen) atoms. The highest BCUT2D eigenvalue weighted by molar-refractivity contribution is 5.96. The van der Waals surface area contributed by atoms with Crippen molar-refractivity contribution in [2.45, 2.75) is 25.8 Å². The average Bonchev–Trinajstić information content (AvgIpc) is 3.26. The molecule has 1 aliphatic rings. The lowest BCUT2D eigenvalue weighted by atomic mass is 10.1. The first kappa shape index (κ1) is 15.8. The Bertz CT molecular complexity index is 940. The van der Waals surface area contributed by atoms with Gasteiger partial charge in [0.25, 0.3) is 0 Å². The molecule has 0 aliphatic carbocycles. The Balaban J connectivity index is 1.64. The number of aromatic nitrogens is 3. The fourth-order valence-corrected chi connectivity index (χ4v) is 3.26. The number of rotatable bonds is 3. The van der Waals surface area contributed by atoms with Crippen LogP contribution in [-0.2, 0) is 11.8 Å². The minimum Gasteiger partial charge on any atom is -0.331 e. The predicted octanol–water partition coefficient (Wildman–Crippen LogP) is 2.63. The van der Waals surface area contributed by atoms with Crippen LogP contribution in [0.5, 0.6) is 0 Å². The van der Waals surface area contributed by atoms with E-state index in [1.807, 2.05) is 32.3 Å². The van der Waals surface area contributed by atoms with Gasteiger partial charge in [-0.1, -0.05) is 12.1 Å². The van der Waals surface area contributed by atoms with Crippen LogP contribution in [0.15, 0.2) is 36.7 Å². The second-order valence-electron chi connectivity index (χ2n) is 6.52. The smallest absolute Gasteiger partial charge is 0.242 e. The van der Waals surface area contributed by atoms with E-state index >= 15 is 0 Å². The monoisotopic (exact) mass is 335 g/mol. The maximum Gasteiger partial charge on any atom is 0.242 e. The van der Waals surface area contributed by atoms with E-state index in [4.69, 9.17) is 0 Å². The molecule has 2 aromatic heterocycles. The number of nitrogens with zero attached hydrogens (tertiary/aromatic N) is 3. The van der Waals surface area contributed by atoms with Crippen molar-refractivity contribution < 1.29 is 4.79 Å². The van der Waals surface area contributed by atoms with E-state index in [0.29, 0.717) is 5.82 Å². The normalized spacial score (nSPS) is 17.1. The quantitative estimate of drug-likeness (QED) is 0.772. The van der Waals surface area contributed by atoms with Gasteiger partial charge in [-0.2, -0.15) is 0 Å². The Hall–Kier alpha value is -2.73. The zero-order valence-corrected chi connectivity index (χ0v) is 14.4. The highest BCUT2D eigenvalue weighted by Gasteiger charge is 2.22. The molecule has 4 rings (SSSR count). The van der Waals surface area contributed by atoms with E-state index in [1.54, 1.807) is 6.20 Å². The number of imidazole rings is 1. The summed E-state index contributed by atoms with van der Waals surface area (Å²) in [7, 11) is 2.01. The summed E-state index contributed by atoms with van der Waals surface area (Å²) in [6.07, 6.45) is 5.59. The Morgan fingerprint density at radius 2 is 2.12 bits per heavy atom. The summed E-state index contributed by atoms with van der Waals surface area (Å²) >= 11 is 0. The van der Waals surface area contributed by atoms with Crippen molar-refractivity contribution in [2.24, 2.45) is 7.05 Å². The SMILES string of the molecule is Cc1ncc(-c2ccc3cnc(NC(=O)C4CCCN4)cc3c2)n1C. The summed E-state index contributed by atoms with van der Waals surface area (Å²) in [4.78, 5) is 21.0. The molecule has 1 aliphatic heterocycles. The second-order valence-corrected chi connectivity index (χ2v) is 6.52. The van der Waals surface area contributed by atoms with Gasteiger partial charge in [0.05, 0.1) is 17.9 Å². The molecular weight excluding hydrogens is 314 g/mol. The molecule has 1 atom stereocenters. The minimum atomic E-state index is -0.110. The van der Waals surface area contributed by atoms with Crippen molar-refractivity contribution in [3.63, 3.8) is 0 Å². The molecular formula is C19H21N5O. The van der Waals surface area contributed by atoms with Crippen molar-refractivity contribution >= 4 is 22.5 Å². The van der Waals surface area contributed by atoms with E-state index in [1.165, 1.54) is 0 Å². The molecule has 6 nitrogen and oxygen atoms in total. The summed E-state index contributed by atoms with van der Waals surface area (Å²) in [5, 5.41) is 8.21. The number of nitrogens with one attached hydrogen (secondary N) is 2. The van der Waals surface area contributed by atoms with Crippen LogP contribution in [0, 0.1) is 6.92 Å². The van der Waals surface area contributed by atoms with Crippen LogP contribution < -0.4 is 10.6 Å². The molecule has 0 bridgehead atoms. The molecule has 1 amide bonds. The molecule has 6 heteroatoms. The summed E-state index contributed by atoms with van der Waals surface area (Å²) in [6.45, 7) is 2.88. The second kappa shape index (κ2) is 6.29. The third kappa shape index (κ3) is 3.00. The van der Waals surface area contributed by atoms with Crippen molar-refractivity contribution in [3.8, 4) is 11.3 Å². The fraction of sp³-hybridized carbons (Fsp3) is 0.316. The summed E-state index contributed by atoms with van der Waals surface area (Å²) in [6, 6.07) is 8.04. The number of hydrogen-bond acceptors (Lipinski definition) is 4. The van der Waals surface area contributed by atoms with Gasteiger partial charge in [-0.3, -0.25) is 4.79 Å². The first-order valence-corrected chi connectivity index (χ1v) is 8.54. The number of hydrogen-bond donors (Lipinski definition) is 2. The van der Waals surface area contributed by atoms with Crippen molar-refractivity contribution in [1.82, 2.24) is 19.9 Å². The van der Waals surface area contributed by atoms with Gasteiger partial charge in [-0.15, -0.1) is 0 Å². The highest BCUT2D eigenvalue weighted by atomic mass is 16.2. The molecule has 3 aromatic rings. The lowest BCUT2D eigenvalue weighted by molar-refractivity contribution is -0.117. The molecule has 128 valence electrons. The Kier molecular flexibility index (Phi) is 3.97. The summed E-state index contributed by atoms with van der Waals surface area (Å²) in [5.74, 6) is 1.55. The van der Waals surface area contributed by atoms with Crippen molar-refractivity contribution in [3.05, 3.63) is 42.5 Å². The lowest BCUT2D eigenvalue weighted by Crippen LogP contribution is -2.35. The average molecular weight is 335 g/mol. The van der Waals surface area contributed by atoms with Crippen LogP contribution in [0.4, 0.5) is 5.82 Å². The van der Waals surface area contributed by atoms with Crippen molar-refractivity contribution in [1.29, 1.82) is 0 Å². The van der Waals surface area contributed by atoms with E-state index in [2.05, 4.69) is 37.3 Å². The van der Waals surface area contributed by atoms with E-state index in [0.717, 1.165) is 47.2 Å². The highest BCUT2D eigenvalue weighted by Crippen LogP contribution is 2.26. The van der Waals surface area contributed by atoms with Crippen LogP contribution in [0.3, 0.4) is 0 Å².